The molecule has 21 heavy (non-hydrogen) atoms. The van der Waals surface area contributed by atoms with E-state index in [0.717, 1.165) is 0 Å². The molecule has 2 bridgehead atoms. The summed E-state index contributed by atoms with van der Waals surface area (Å²) in [6.45, 7) is 5.65. The SMILES string of the molecule is CC1(C)[C@@]2(C)CC[C@@]1(C(=O)Nc1ccc(F)cc1)OC2=O. The first-order chi connectivity index (χ1) is 9.73. The number of carbonyl (C=O) groups excluding carboxylic acids is 2. The zero-order valence-corrected chi connectivity index (χ0v) is 12.3. The fraction of sp³-hybridized carbons (Fsp3) is 0.500. The van der Waals surface area contributed by atoms with E-state index in [1.807, 2.05) is 20.8 Å². The standard InChI is InChI=1S/C16H18FNO3/c1-14(2)15(3)8-9-16(14,21-13(15)20)12(19)18-11-6-4-10(17)5-7-11/h4-7H,8-9H2,1-3H3,(H,18,19)/t15-,16-/m0/s1. The second-order valence-electron chi connectivity index (χ2n) is 6.63. The lowest BCUT2D eigenvalue weighted by molar-refractivity contribution is -0.165. The Morgan fingerprint density at radius 2 is 1.81 bits per heavy atom. The molecule has 2 atom stereocenters. The van der Waals surface area contributed by atoms with Crippen LogP contribution in [0, 0.1) is 16.6 Å². The van der Waals surface area contributed by atoms with Gasteiger partial charge >= 0.3 is 5.97 Å². The molecular formula is C16H18FNO3. The van der Waals surface area contributed by atoms with Crippen molar-refractivity contribution in [2.45, 2.75) is 39.2 Å². The number of hydrogen-bond acceptors (Lipinski definition) is 3. The quantitative estimate of drug-likeness (QED) is 0.852. The highest BCUT2D eigenvalue weighted by atomic mass is 19.1. The van der Waals surface area contributed by atoms with Crippen molar-refractivity contribution in [2.75, 3.05) is 5.32 Å². The van der Waals surface area contributed by atoms with Crippen molar-refractivity contribution in [3.8, 4) is 0 Å². The van der Waals surface area contributed by atoms with Crippen LogP contribution in [0.4, 0.5) is 10.1 Å². The van der Waals surface area contributed by atoms with Gasteiger partial charge in [0, 0.05) is 11.1 Å². The summed E-state index contributed by atoms with van der Waals surface area (Å²) in [5, 5.41) is 2.74. The summed E-state index contributed by atoms with van der Waals surface area (Å²) in [7, 11) is 0. The Hall–Kier alpha value is -1.91. The number of rotatable bonds is 2. The number of benzene rings is 1. The lowest BCUT2D eigenvalue weighted by Gasteiger charge is -2.35. The van der Waals surface area contributed by atoms with Gasteiger partial charge in [-0.2, -0.15) is 0 Å². The lowest BCUT2D eigenvalue weighted by Crippen LogP contribution is -2.50. The van der Waals surface area contributed by atoms with Gasteiger partial charge in [0.05, 0.1) is 5.41 Å². The van der Waals surface area contributed by atoms with Crippen LogP contribution in [0.3, 0.4) is 0 Å². The van der Waals surface area contributed by atoms with Crippen LogP contribution < -0.4 is 5.32 Å². The molecule has 2 fully saturated rings. The maximum absolute atomic E-state index is 12.9. The van der Waals surface area contributed by atoms with Gasteiger partial charge in [-0.3, -0.25) is 9.59 Å². The molecule has 2 aliphatic rings. The number of nitrogens with one attached hydrogen (secondary N) is 1. The first-order valence-electron chi connectivity index (χ1n) is 7.03. The molecule has 4 nitrogen and oxygen atoms in total. The Labute approximate surface area is 122 Å². The molecule has 1 aromatic carbocycles. The molecule has 1 heterocycles. The molecule has 0 unspecified atom stereocenters. The highest BCUT2D eigenvalue weighted by molar-refractivity contribution is 6.03. The van der Waals surface area contributed by atoms with Crippen molar-refractivity contribution >= 4 is 17.6 Å². The molecule has 1 aliphatic carbocycles. The van der Waals surface area contributed by atoms with E-state index in [4.69, 9.17) is 4.74 Å². The van der Waals surface area contributed by atoms with E-state index in [1.54, 1.807) is 0 Å². The Bertz CT molecular complexity index is 625. The van der Waals surface area contributed by atoms with Crippen LogP contribution in [0.15, 0.2) is 24.3 Å². The van der Waals surface area contributed by atoms with E-state index in [0.29, 0.717) is 18.5 Å². The molecule has 1 saturated carbocycles. The van der Waals surface area contributed by atoms with E-state index in [1.165, 1.54) is 24.3 Å². The zero-order chi connectivity index (χ0) is 15.5. The second kappa shape index (κ2) is 4.06. The Morgan fingerprint density at radius 1 is 1.19 bits per heavy atom. The van der Waals surface area contributed by atoms with Crippen LogP contribution in [0.25, 0.3) is 0 Å². The highest BCUT2D eigenvalue weighted by Crippen LogP contribution is 2.65. The molecule has 112 valence electrons. The van der Waals surface area contributed by atoms with Crippen molar-refractivity contribution in [1.29, 1.82) is 0 Å². The summed E-state index contributed by atoms with van der Waals surface area (Å²) < 4.78 is 18.4. The number of ether oxygens (including phenoxy) is 1. The van der Waals surface area contributed by atoms with Gasteiger partial charge in [-0.1, -0.05) is 13.8 Å². The summed E-state index contributed by atoms with van der Waals surface area (Å²) in [4.78, 5) is 24.8. The third kappa shape index (κ3) is 1.60. The number of carbonyl (C=O) groups is 2. The van der Waals surface area contributed by atoms with Crippen molar-refractivity contribution in [3.05, 3.63) is 30.1 Å². The largest absolute Gasteiger partial charge is 0.448 e. The van der Waals surface area contributed by atoms with Crippen LogP contribution in [0.1, 0.15) is 33.6 Å². The average Bonchev–Trinajstić information content (AvgIpc) is 2.72. The normalized spacial score (nSPS) is 32.9. The molecule has 1 saturated heterocycles. The third-order valence-electron chi connectivity index (χ3n) is 5.55. The summed E-state index contributed by atoms with van der Waals surface area (Å²) in [5.74, 6) is -1.02. The van der Waals surface area contributed by atoms with Crippen molar-refractivity contribution in [3.63, 3.8) is 0 Å². The summed E-state index contributed by atoms with van der Waals surface area (Å²) in [6.07, 6.45) is 1.14. The molecule has 1 aromatic rings. The van der Waals surface area contributed by atoms with Crippen LogP contribution >= 0.6 is 0 Å². The van der Waals surface area contributed by atoms with Crippen LogP contribution in [-0.2, 0) is 14.3 Å². The van der Waals surface area contributed by atoms with Gasteiger partial charge in [0.1, 0.15) is 5.82 Å². The van der Waals surface area contributed by atoms with Gasteiger partial charge in [0.25, 0.3) is 5.91 Å². The highest BCUT2D eigenvalue weighted by Gasteiger charge is 2.75. The molecule has 0 spiro atoms. The van der Waals surface area contributed by atoms with Gasteiger partial charge in [0.2, 0.25) is 0 Å². The van der Waals surface area contributed by atoms with Crippen LogP contribution in [-0.4, -0.2) is 17.5 Å². The first-order valence-corrected chi connectivity index (χ1v) is 7.03. The van der Waals surface area contributed by atoms with E-state index in [-0.39, 0.29) is 17.7 Å². The molecule has 1 N–H and O–H groups in total. The summed E-state index contributed by atoms with van der Waals surface area (Å²) in [5.41, 5.74) is -1.87. The van der Waals surface area contributed by atoms with Crippen molar-refractivity contribution < 1.29 is 18.7 Å². The third-order valence-corrected chi connectivity index (χ3v) is 5.55. The molecule has 1 aliphatic heterocycles. The van der Waals surface area contributed by atoms with Crippen LogP contribution in [0.5, 0.6) is 0 Å². The lowest BCUT2D eigenvalue weighted by atomic mass is 9.66. The fourth-order valence-electron chi connectivity index (χ4n) is 3.51. The number of hydrogen-bond donors (Lipinski definition) is 1. The number of amides is 1. The Morgan fingerprint density at radius 3 is 2.29 bits per heavy atom. The number of halogens is 1. The van der Waals surface area contributed by atoms with Gasteiger partial charge < -0.3 is 10.1 Å². The van der Waals surface area contributed by atoms with E-state index >= 15 is 0 Å². The topological polar surface area (TPSA) is 55.4 Å². The maximum Gasteiger partial charge on any atom is 0.313 e. The predicted octanol–water partition coefficient (Wildman–Crippen LogP) is 2.89. The second-order valence-corrected chi connectivity index (χ2v) is 6.63. The number of anilines is 1. The zero-order valence-electron chi connectivity index (χ0n) is 12.3. The fourth-order valence-corrected chi connectivity index (χ4v) is 3.51. The number of fused-ring (bicyclic) bond motifs is 2. The minimum atomic E-state index is -1.15. The van der Waals surface area contributed by atoms with E-state index in [2.05, 4.69) is 5.32 Å². The van der Waals surface area contributed by atoms with Crippen molar-refractivity contribution in [2.24, 2.45) is 10.8 Å². The van der Waals surface area contributed by atoms with E-state index < -0.39 is 16.4 Å². The molecular weight excluding hydrogens is 273 g/mol. The first kappa shape index (κ1) is 14.0. The van der Waals surface area contributed by atoms with Crippen LogP contribution in [0.2, 0.25) is 0 Å². The Kier molecular flexibility index (Phi) is 2.71. The average molecular weight is 291 g/mol. The molecule has 0 aromatic heterocycles. The molecule has 0 radical (unpaired) electrons. The van der Waals surface area contributed by atoms with Gasteiger partial charge in [-0.05, 0) is 44.0 Å². The van der Waals surface area contributed by atoms with Gasteiger partial charge in [-0.15, -0.1) is 0 Å². The van der Waals surface area contributed by atoms with Crippen molar-refractivity contribution in [1.82, 2.24) is 0 Å². The predicted molar refractivity (Wildman–Crippen MR) is 75.0 cm³/mol. The molecule has 3 rings (SSSR count). The molecule has 5 heteroatoms. The van der Waals surface area contributed by atoms with Gasteiger partial charge in [-0.25, -0.2) is 4.39 Å². The summed E-state index contributed by atoms with van der Waals surface area (Å²) >= 11 is 0. The minimum Gasteiger partial charge on any atom is -0.448 e. The van der Waals surface area contributed by atoms with E-state index in [9.17, 15) is 14.0 Å². The van der Waals surface area contributed by atoms with Gasteiger partial charge in [0.15, 0.2) is 5.60 Å². The monoisotopic (exact) mass is 291 g/mol. The number of esters is 1. The molecule has 1 amide bonds. The Balaban J connectivity index is 1.91. The smallest absolute Gasteiger partial charge is 0.313 e. The summed E-state index contributed by atoms with van der Waals surface area (Å²) in [6, 6.07) is 5.53. The maximum atomic E-state index is 12.9. The minimum absolute atomic E-state index is 0.312.